The van der Waals surface area contributed by atoms with Crippen molar-refractivity contribution in [1.82, 2.24) is 14.7 Å². The number of nitrogens with zero attached hydrogens (tertiary/aromatic N) is 3. The number of carbonyl (C=O) groups is 2. The normalized spacial score (nSPS) is 15.8. The van der Waals surface area contributed by atoms with Gasteiger partial charge in [-0.15, -0.1) is 0 Å². The predicted molar refractivity (Wildman–Crippen MR) is 67.5 cm³/mol. The van der Waals surface area contributed by atoms with Crippen LogP contribution in [0.25, 0.3) is 0 Å². The van der Waals surface area contributed by atoms with Gasteiger partial charge in [0, 0.05) is 18.8 Å². The van der Waals surface area contributed by atoms with Gasteiger partial charge in [0.05, 0.1) is 11.3 Å². The van der Waals surface area contributed by atoms with Crippen molar-refractivity contribution in [2.24, 2.45) is 0 Å². The van der Waals surface area contributed by atoms with Crippen molar-refractivity contribution in [3.8, 4) is 0 Å². The van der Waals surface area contributed by atoms with Crippen LogP contribution in [0.5, 0.6) is 0 Å². The molecule has 0 atom stereocenters. The quantitative estimate of drug-likeness (QED) is 0.759. The zero-order chi connectivity index (χ0) is 13.1. The molecule has 1 aliphatic heterocycles. The van der Waals surface area contributed by atoms with Crippen LogP contribution in [0.2, 0.25) is 0 Å². The Labute approximate surface area is 107 Å². The molecule has 0 N–H and O–H groups in total. The lowest BCUT2D eigenvalue weighted by molar-refractivity contribution is -0.132. The topological polar surface area (TPSA) is 55.2 Å². The molecule has 0 bridgehead atoms. The maximum Gasteiger partial charge on any atom is 0.244 e. The van der Waals surface area contributed by atoms with Gasteiger partial charge in [0.2, 0.25) is 5.91 Å². The van der Waals surface area contributed by atoms with E-state index in [0.29, 0.717) is 11.3 Å². The highest BCUT2D eigenvalue weighted by Gasteiger charge is 2.19. The lowest BCUT2D eigenvalue weighted by Crippen LogP contribution is -2.38. The average molecular weight is 249 g/mol. The summed E-state index contributed by atoms with van der Waals surface area (Å²) in [6.07, 6.45) is 4.18. The summed E-state index contributed by atoms with van der Waals surface area (Å²) in [6, 6.07) is 0. The Bertz CT molecular complexity index is 459. The molecule has 0 aromatic carbocycles. The van der Waals surface area contributed by atoms with Crippen molar-refractivity contribution in [1.29, 1.82) is 0 Å². The summed E-state index contributed by atoms with van der Waals surface area (Å²) in [6.45, 7) is 5.55. The number of rotatable bonds is 3. The van der Waals surface area contributed by atoms with E-state index in [1.54, 1.807) is 11.6 Å². The molecule has 18 heavy (non-hydrogen) atoms. The minimum atomic E-state index is 0.0951. The van der Waals surface area contributed by atoms with Gasteiger partial charge < -0.3 is 4.90 Å². The average Bonchev–Trinajstić information content (AvgIpc) is 2.65. The highest BCUT2D eigenvalue weighted by molar-refractivity contribution is 5.79. The molecule has 98 valence electrons. The minimum absolute atomic E-state index is 0.0951. The number of amides is 1. The smallest absolute Gasteiger partial charge is 0.244 e. The Morgan fingerprint density at radius 3 is 2.50 bits per heavy atom. The second-order valence-corrected chi connectivity index (χ2v) is 4.80. The number of aldehydes is 1. The highest BCUT2D eigenvalue weighted by Crippen LogP contribution is 2.13. The van der Waals surface area contributed by atoms with Gasteiger partial charge in [0.25, 0.3) is 0 Å². The van der Waals surface area contributed by atoms with Crippen LogP contribution < -0.4 is 0 Å². The van der Waals surface area contributed by atoms with Crippen molar-refractivity contribution >= 4 is 12.2 Å². The molecule has 5 heteroatoms. The lowest BCUT2D eigenvalue weighted by Gasteiger charge is -2.26. The van der Waals surface area contributed by atoms with E-state index < -0.39 is 0 Å². The van der Waals surface area contributed by atoms with E-state index in [1.165, 1.54) is 6.42 Å². The standard InChI is InChI=1S/C13H19N3O2/c1-10-12(9-17)11(2)16(14-10)8-13(18)15-6-4-3-5-7-15/h9H,3-8H2,1-2H3. The molecule has 2 rings (SSSR count). The first-order chi connectivity index (χ1) is 8.63. The number of hydrogen-bond acceptors (Lipinski definition) is 3. The van der Waals surface area contributed by atoms with Gasteiger partial charge in [-0.05, 0) is 33.1 Å². The van der Waals surface area contributed by atoms with Crippen LogP contribution in [0.3, 0.4) is 0 Å². The molecule has 1 saturated heterocycles. The maximum absolute atomic E-state index is 12.1. The summed E-state index contributed by atoms with van der Waals surface area (Å²) in [5.74, 6) is 0.0951. The summed E-state index contributed by atoms with van der Waals surface area (Å²) in [4.78, 5) is 24.9. The molecule has 1 aliphatic rings. The molecule has 1 fully saturated rings. The fourth-order valence-corrected chi connectivity index (χ4v) is 2.41. The first-order valence-corrected chi connectivity index (χ1v) is 6.40. The molecule has 0 unspecified atom stereocenters. The maximum atomic E-state index is 12.1. The summed E-state index contributed by atoms with van der Waals surface area (Å²) in [5, 5.41) is 4.25. The van der Waals surface area contributed by atoms with Gasteiger partial charge in [-0.3, -0.25) is 14.3 Å². The zero-order valence-electron chi connectivity index (χ0n) is 11.0. The van der Waals surface area contributed by atoms with E-state index in [4.69, 9.17) is 0 Å². The largest absolute Gasteiger partial charge is 0.341 e. The first kappa shape index (κ1) is 12.8. The summed E-state index contributed by atoms with van der Waals surface area (Å²) >= 11 is 0. The van der Waals surface area contributed by atoms with E-state index in [1.807, 2.05) is 11.8 Å². The monoisotopic (exact) mass is 249 g/mol. The molecular weight excluding hydrogens is 230 g/mol. The SMILES string of the molecule is Cc1nn(CC(=O)N2CCCCC2)c(C)c1C=O. The Morgan fingerprint density at radius 1 is 1.28 bits per heavy atom. The third kappa shape index (κ3) is 2.44. The van der Waals surface area contributed by atoms with E-state index in [0.717, 1.165) is 37.9 Å². The van der Waals surface area contributed by atoms with Crippen LogP contribution in [-0.2, 0) is 11.3 Å². The Balaban J connectivity index is 2.09. The molecule has 2 heterocycles. The molecule has 0 spiro atoms. The summed E-state index contributed by atoms with van der Waals surface area (Å²) in [5.41, 5.74) is 2.06. The number of hydrogen-bond donors (Lipinski definition) is 0. The van der Waals surface area contributed by atoms with Crippen LogP contribution in [0.15, 0.2) is 0 Å². The fourth-order valence-electron chi connectivity index (χ4n) is 2.41. The fraction of sp³-hybridized carbons (Fsp3) is 0.615. The van der Waals surface area contributed by atoms with Crippen molar-refractivity contribution < 1.29 is 9.59 Å². The molecule has 0 aliphatic carbocycles. The van der Waals surface area contributed by atoms with Crippen molar-refractivity contribution in [2.75, 3.05) is 13.1 Å². The molecule has 0 saturated carbocycles. The minimum Gasteiger partial charge on any atom is -0.341 e. The molecule has 1 amide bonds. The summed E-state index contributed by atoms with van der Waals surface area (Å²) in [7, 11) is 0. The Morgan fingerprint density at radius 2 is 1.94 bits per heavy atom. The second-order valence-electron chi connectivity index (χ2n) is 4.80. The van der Waals surface area contributed by atoms with Crippen LogP contribution >= 0.6 is 0 Å². The van der Waals surface area contributed by atoms with Gasteiger partial charge in [-0.1, -0.05) is 0 Å². The van der Waals surface area contributed by atoms with Crippen LogP contribution in [0, 0.1) is 13.8 Å². The van der Waals surface area contributed by atoms with Crippen molar-refractivity contribution in [3.05, 3.63) is 17.0 Å². The van der Waals surface area contributed by atoms with Gasteiger partial charge in [-0.2, -0.15) is 5.10 Å². The predicted octanol–water partition coefficient (Wildman–Crippen LogP) is 1.32. The number of aromatic nitrogens is 2. The second kappa shape index (κ2) is 5.33. The molecule has 0 radical (unpaired) electrons. The molecular formula is C13H19N3O2. The number of aryl methyl sites for hydroxylation is 1. The van der Waals surface area contributed by atoms with Crippen molar-refractivity contribution in [2.45, 2.75) is 39.7 Å². The van der Waals surface area contributed by atoms with E-state index in [9.17, 15) is 9.59 Å². The molecule has 1 aromatic heterocycles. The van der Waals surface area contributed by atoms with Crippen LogP contribution in [0.1, 0.15) is 41.0 Å². The third-order valence-corrected chi connectivity index (χ3v) is 3.55. The van der Waals surface area contributed by atoms with Crippen LogP contribution in [-0.4, -0.2) is 40.0 Å². The van der Waals surface area contributed by atoms with Gasteiger partial charge in [0.1, 0.15) is 6.54 Å². The zero-order valence-corrected chi connectivity index (χ0v) is 11.0. The van der Waals surface area contributed by atoms with Gasteiger partial charge in [0.15, 0.2) is 6.29 Å². The van der Waals surface area contributed by atoms with Crippen molar-refractivity contribution in [3.63, 3.8) is 0 Å². The molecule has 1 aromatic rings. The first-order valence-electron chi connectivity index (χ1n) is 6.40. The number of likely N-dealkylation sites (tertiary alicyclic amines) is 1. The molecule has 5 nitrogen and oxygen atoms in total. The highest BCUT2D eigenvalue weighted by atomic mass is 16.2. The Hall–Kier alpha value is -1.65. The number of piperidine rings is 1. The lowest BCUT2D eigenvalue weighted by atomic mass is 10.1. The summed E-state index contributed by atoms with van der Waals surface area (Å²) < 4.78 is 1.63. The van der Waals surface area contributed by atoms with E-state index >= 15 is 0 Å². The van der Waals surface area contributed by atoms with E-state index in [2.05, 4.69) is 5.10 Å². The van der Waals surface area contributed by atoms with Gasteiger partial charge >= 0.3 is 0 Å². The number of carbonyl (C=O) groups excluding carboxylic acids is 2. The van der Waals surface area contributed by atoms with Crippen LogP contribution in [0.4, 0.5) is 0 Å². The third-order valence-electron chi connectivity index (χ3n) is 3.55. The van der Waals surface area contributed by atoms with E-state index in [-0.39, 0.29) is 12.5 Å². The Kier molecular flexibility index (Phi) is 3.79. The van der Waals surface area contributed by atoms with Gasteiger partial charge in [-0.25, -0.2) is 0 Å².